The molecule has 0 spiro atoms. The van der Waals surface area contributed by atoms with Gasteiger partial charge in [-0.15, -0.1) is 0 Å². The minimum atomic E-state index is 0.0120. The van der Waals surface area contributed by atoms with Crippen molar-refractivity contribution in [1.82, 2.24) is 19.7 Å². The van der Waals surface area contributed by atoms with E-state index in [2.05, 4.69) is 32.6 Å². The van der Waals surface area contributed by atoms with Crippen LogP contribution in [0.2, 0.25) is 0 Å². The summed E-state index contributed by atoms with van der Waals surface area (Å²) >= 11 is 0. The van der Waals surface area contributed by atoms with Gasteiger partial charge in [-0.2, -0.15) is 5.10 Å². The molecule has 1 fully saturated rings. The molecule has 5 rings (SSSR count). The molecule has 1 saturated carbocycles. The average Bonchev–Trinajstić information content (AvgIpc) is 3.24. The number of ether oxygens (including phenoxy) is 1. The van der Waals surface area contributed by atoms with E-state index < -0.39 is 0 Å². The fraction of sp³-hybridized carbons (Fsp3) is 0.381. The van der Waals surface area contributed by atoms with Crippen LogP contribution in [-0.2, 0) is 11.3 Å². The van der Waals surface area contributed by atoms with E-state index in [-0.39, 0.29) is 11.8 Å². The first-order valence-electron chi connectivity index (χ1n) is 9.84. The third-order valence-corrected chi connectivity index (χ3v) is 5.46. The van der Waals surface area contributed by atoms with E-state index in [0.717, 1.165) is 29.8 Å². The lowest BCUT2D eigenvalue weighted by Gasteiger charge is -2.24. The normalized spacial score (nSPS) is 18.6. The van der Waals surface area contributed by atoms with Crippen LogP contribution < -0.4 is 10.1 Å². The lowest BCUT2D eigenvalue weighted by molar-refractivity contribution is -0.116. The Morgan fingerprint density at radius 3 is 3.04 bits per heavy atom. The summed E-state index contributed by atoms with van der Waals surface area (Å²) in [6.45, 7) is 1.52. The highest BCUT2D eigenvalue weighted by Gasteiger charge is 2.37. The summed E-state index contributed by atoms with van der Waals surface area (Å²) in [5.74, 6) is 2.11. The van der Waals surface area contributed by atoms with Crippen LogP contribution >= 0.6 is 0 Å². The first kappa shape index (κ1) is 17.0. The highest BCUT2D eigenvalue weighted by molar-refractivity contribution is 5.94. The Balaban J connectivity index is 1.32. The van der Waals surface area contributed by atoms with E-state index in [1.807, 2.05) is 29.2 Å². The number of amides is 1. The van der Waals surface area contributed by atoms with Crippen LogP contribution in [0, 0.1) is 0 Å². The quantitative estimate of drug-likeness (QED) is 0.618. The summed E-state index contributed by atoms with van der Waals surface area (Å²) in [4.78, 5) is 16.3. The lowest BCUT2D eigenvalue weighted by Crippen LogP contribution is -2.23. The van der Waals surface area contributed by atoms with Crippen LogP contribution in [0.3, 0.4) is 0 Å². The average molecular weight is 377 g/mol. The van der Waals surface area contributed by atoms with Crippen molar-refractivity contribution >= 4 is 11.7 Å². The van der Waals surface area contributed by atoms with Crippen molar-refractivity contribution < 1.29 is 9.53 Å². The van der Waals surface area contributed by atoms with Crippen LogP contribution in [0.25, 0.3) is 0 Å². The molecular weight excluding hydrogens is 354 g/mol. The third kappa shape index (κ3) is 3.40. The number of hydrogen-bond acceptors (Lipinski definition) is 4. The SMILES string of the molecule is O=C1CC(c2cccc(OCCCn3ccnc3)c2)c2c(n[nH]c2C2CC2)N1. The van der Waals surface area contributed by atoms with Gasteiger partial charge in [-0.05, 0) is 37.0 Å². The van der Waals surface area contributed by atoms with Gasteiger partial charge in [0, 0.05) is 48.5 Å². The summed E-state index contributed by atoms with van der Waals surface area (Å²) in [6, 6.07) is 8.12. The van der Waals surface area contributed by atoms with Gasteiger partial charge in [0.25, 0.3) is 0 Å². The van der Waals surface area contributed by atoms with Gasteiger partial charge in [0.2, 0.25) is 5.91 Å². The van der Waals surface area contributed by atoms with Crippen LogP contribution in [0.5, 0.6) is 5.75 Å². The number of H-pyrrole nitrogens is 1. The Bertz CT molecular complexity index is 975. The Hall–Kier alpha value is -3.09. The maximum absolute atomic E-state index is 12.2. The summed E-state index contributed by atoms with van der Waals surface area (Å²) in [7, 11) is 0. The van der Waals surface area contributed by atoms with Gasteiger partial charge >= 0.3 is 0 Å². The van der Waals surface area contributed by atoms with E-state index in [0.29, 0.717) is 24.8 Å². The van der Waals surface area contributed by atoms with Crippen molar-refractivity contribution in [3.05, 3.63) is 59.8 Å². The van der Waals surface area contributed by atoms with E-state index in [1.54, 1.807) is 6.20 Å². The number of anilines is 1. The van der Waals surface area contributed by atoms with Crippen molar-refractivity contribution in [2.45, 2.75) is 44.1 Å². The van der Waals surface area contributed by atoms with Crippen molar-refractivity contribution in [1.29, 1.82) is 0 Å². The van der Waals surface area contributed by atoms with Gasteiger partial charge in [0.05, 0.1) is 12.9 Å². The first-order chi connectivity index (χ1) is 13.8. The van der Waals surface area contributed by atoms with Gasteiger partial charge in [-0.3, -0.25) is 9.89 Å². The molecule has 28 heavy (non-hydrogen) atoms. The van der Waals surface area contributed by atoms with E-state index in [1.165, 1.54) is 18.5 Å². The predicted octanol–water partition coefficient (Wildman–Crippen LogP) is 3.43. The molecule has 1 atom stereocenters. The van der Waals surface area contributed by atoms with Crippen molar-refractivity contribution in [3.63, 3.8) is 0 Å². The molecule has 144 valence electrons. The Kier molecular flexibility index (Phi) is 4.35. The highest BCUT2D eigenvalue weighted by Crippen LogP contribution is 2.47. The standard InChI is InChI=1S/C21H23N5O2/c27-18-12-17(19-20(14-5-6-14)24-25-21(19)23-18)15-3-1-4-16(11-15)28-10-2-8-26-9-7-22-13-26/h1,3-4,7,9,11,13-14,17H,2,5-6,8,10,12H2,(H2,23,24,25,27). The number of imidazole rings is 1. The van der Waals surface area contributed by atoms with E-state index in [9.17, 15) is 4.79 Å². The summed E-state index contributed by atoms with van der Waals surface area (Å²) in [5, 5.41) is 10.4. The highest BCUT2D eigenvalue weighted by atomic mass is 16.5. The molecule has 0 bridgehead atoms. The predicted molar refractivity (Wildman–Crippen MR) is 104 cm³/mol. The fourth-order valence-electron chi connectivity index (χ4n) is 3.93. The fourth-order valence-corrected chi connectivity index (χ4v) is 3.93. The molecule has 1 aliphatic carbocycles. The Morgan fingerprint density at radius 1 is 1.29 bits per heavy atom. The number of aromatic amines is 1. The number of carbonyl (C=O) groups excluding carboxylic acids is 1. The molecule has 7 heteroatoms. The molecule has 1 aliphatic heterocycles. The van der Waals surface area contributed by atoms with Crippen LogP contribution in [0.1, 0.15) is 54.3 Å². The van der Waals surface area contributed by atoms with E-state index >= 15 is 0 Å². The molecule has 2 N–H and O–H groups in total. The van der Waals surface area contributed by atoms with Crippen LogP contribution in [0.4, 0.5) is 5.82 Å². The zero-order chi connectivity index (χ0) is 18.9. The third-order valence-electron chi connectivity index (χ3n) is 5.46. The maximum atomic E-state index is 12.2. The van der Waals surface area contributed by atoms with Gasteiger partial charge in [0.15, 0.2) is 5.82 Å². The molecule has 1 aromatic carbocycles. The molecular formula is C21H23N5O2. The number of fused-ring (bicyclic) bond motifs is 1. The molecule has 2 aliphatic rings. The number of rotatable bonds is 7. The number of aromatic nitrogens is 4. The number of benzene rings is 1. The molecule has 3 heterocycles. The smallest absolute Gasteiger partial charge is 0.226 e. The zero-order valence-corrected chi connectivity index (χ0v) is 15.6. The van der Waals surface area contributed by atoms with Gasteiger partial charge in [-0.25, -0.2) is 4.98 Å². The molecule has 7 nitrogen and oxygen atoms in total. The van der Waals surface area contributed by atoms with Gasteiger partial charge < -0.3 is 14.6 Å². The Morgan fingerprint density at radius 2 is 2.21 bits per heavy atom. The lowest BCUT2D eigenvalue weighted by atomic mass is 9.85. The largest absolute Gasteiger partial charge is 0.494 e. The number of carbonyl (C=O) groups is 1. The first-order valence-corrected chi connectivity index (χ1v) is 9.84. The molecule has 2 aromatic heterocycles. The topological polar surface area (TPSA) is 84.8 Å². The number of nitrogens with one attached hydrogen (secondary N) is 2. The second-order valence-electron chi connectivity index (χ2n) is 7.55. The molecule has 1 amide bonds. The van der Waals surface area contributed by atoms with Crippen molar-refractivity contribution in [3.8, 4) is 5.75 Å². The van der Waals surface area contributed by atoms with E-state index in [4.69, 9.17) is 4.74 Å². The zero-order valence-electron chi connectivity index (χ0n) is 15.6. The number of aryl methyl sites for hydroxylation is 1. The molecule has 0 radical (unpaired) electrons. The second-order valence-corrected chi connectivity index (χ2v) is 7.55. The molecule has 0 saturated heterocycles. The summed E-state index contributed by atoms with van der Waals surface area (Å²) in [6.07, 6.45) is 9.28. The minimum Gasteiger partial charge on any atom is -0.494 e. The maximum Gasteiger partial charge on any atom is 0.226 e. The van der Waals surface area contributed by atoms with Gasteiger partial charge in [0.1, 0.15) is 5.75 Å². The second kappa shape index (κ2) is 7.14. The molecule has 1 unspecified atom stereocenters. The monoisotopic (exact) mass is 377 g/mol. The van der Waals surface area contributed by atoms with Crippen LogP contribution in [-0.4, -0.2) is 32.3 Å². The van der Waals surface area contributed by atoms with Crippen molar-refractivity contribution in [2.24, 2.45) is 0 Å². The molecule has 3 aromatic rings. The Labute approximate surface area is 163 Å². The summed E-state index contributed by atoms with van der Waals surface area (Å²) < 4.78 is 8.01. The van der Waals surface area contributed by atoms with Gasteiger partial charge in [-0.1, -0.05) is 12.1 Å². The minimum absolute atomic E-state index is 0.0120. The number of nitrogens with zero attached hydrogens (tertiary/aromatic N) is 3. The summed E-state index contributed by atoms with van der Waals surface area (Å²) in [5.41, 5.74) is 3.44. The van der Waals surface area contributed by atoms with Crippen molar-refractivity contribution in [2.75, 3.05) is 11.9 Å². The van der Waals surface area contributed by atoms with Crippen LogP contribution in [0.15, 0.2) is 43.0 Å². The number of hydrogen-bond donors (Lipinski definition) is 2.